The maximum absolute atomic E-state index is 12.6. The lowest BCUT2D eigenvalue weighted by Gasteiger charge is -2.17. The van der Waals surface area contributed by atoms with Crippen LogP contribution in [0.5, 0.6) is 5.75 Å². The third-order valence-electron chi connectivity index (χ3n) is 4.97. The van der Waals surface area contributed by atoms with Gasteiger partial charge in [0.25, 0.3) is 5.91 Å². The molecule has 2 aromatic rings. The highest BCUT2D eigenvalue weighted by Gasteiger charge is 2.20. The minimum atomic E-state index is -0.510. The van der Waals surface area contributed by atoms with Crippen molar-refractivity contribution >= 4 is 29.2 Å². The molecule has 0 bridgehead atoms. The molecule has 0 aliphatic carbocycles. The largest absolute Gasteiger partial charge is 0.495 e. The van der Waals surface area contributed by atoms with Crippen molar-refractivity contribution in [3.05, 3.63) is 56.6 Å². The molecular formula is C21H24ClNO4. The molecule has 0 heterocycles. The van der Waals surface area contributed by atoms with Crippen LogP contribution in [0.25, 0.3) is 0 Å². The maximum Gasteiger partial charge on any atom is 0.339 e. The molecule has 27 heavy (non-hydrogen) atoms. The van der Waals surface area contributed by atoms with E-state index in [1.165, 1.54) is 7.11 Å². The number of rotatable bonds is 5. The van der Waals surface area contributed by atoms with Crippen LogP contribution in [0.2, 0.25) is 5.02 Å². The molecule has 0 aliphatic rings. The second-order valence-corrected chi connectivity index (χ2v) is 6.91. The Bertz CT molecular complexity index is 877. The van der Waals surface area contributed by atoms with Crippen LogP contribution < -0.4 is 10.1 Å². The minimum Gasteiger partial charge on any atom is -0.495 e. The normalized spacial score (nSPS) is 10.5. The summed E-state index contributed by atoms with van der Waals surface area (Å²) in [5.74, 6) is -0.514. The molecule has 0 atom stereocenters. The van der Waals surface area contributed by atoms with Gasteiger partial charge in [-0.15, -0.1) is 0 Å². The highest BCUT2D eigenvalue weighted by molar-refractivity contribution is 6.31. The van der Waals surface area contributed by atoms with Crippen molar-refractivity contribution in [3.8, 4) is 5.75 Å². The Morgan fingerprint density at radius 2 is 1.52 bits per heavy atom. The summed E-state index contributed by atoms with van der Waals surface area (Å²) in [5, 5.41) is 3.10. The van der Waals surface area contributed by atoms with Crippen molar-refractivity contribution in [1.82, 2.24) is 0 Å². The fourth-order valence-corrected chi connectivity index (χ4v) is 3.15. The van der Waals surface area contributed by atoms with Crippen LogP contribution in [0.1, 0.15) is 38.2 Å². The Morgan fingerprint density at radius 1 is 0.963 bits per heavy atom. The number of methoxy groups -OCH3 is 1. The van der Waals surface area contributed by atoms with E-state index in [9.17, 15) is 9.59 Å². The van der Waals surface area contributed by atoms with E-state index >= 15 is 0 Å². The lowest BCUT2D eigenvalue weighted by Crippen LogP contribution is -2.22. The van der Waals surface area contributed by atoms with Crippen molar-refractivity contribution in [3.63, 3.8) is 0 Å². The van der Waals surface area contributed by atoms with E-state index in [1.807, 2.05) is 34.6 Å². The lowest BCUT2D eigenvalue weighted by atomic mass is 9.90. The van der Waals surface area contributed by atoms with Crippen molar-refractivity contribution in [2.45, 2.75) is 34.6 Å². The van der Waals surface area contributed by atoms with Gasteiger partial charge in [0.05, 0.1) is 18.4 Å². The Labute approximate surface area is 164 Å². The number of hydrogen-bond donors (Lipinski definition) is 1. The van der Waals surface area contributed by atoms with E-state index in [2.05, 4.69) is 5.32 Å². The van der Waals surface area contributed by atoms with Gasteiger partial charge in [-0.2, -0.15) is 0 Å². The van der Waals surface area contributed by atoms with Crippen LogP contribution in [-0.4, -0.2) is 25.6 Å². The molecule has 0 unspecified atom stereocenters. The van der Waals surface area contributed by atoms with Gasteiger partial charge in [-0.25, -0.2) is 4.79 Å². The number of esters is 1. The van der Waals surface area contributed by atoms with Crippen LogP contribution in [-0.2, 0) is 9.53 Å². The molecule has 0 radical (unpaired) electrons. The number of hydrogen-bond acceptors (Lipinski definition) is 4. The zero-order valence-electron chi connectivity index (χ0n) is 16.5. The number of anilines is 1. The van der Waals surface area contributed by atoms with Crippen molar-refractivity contribution in [1.29, 1.82) is 0 Å². The molecule has 1 N–H and O–H groups in total. The second kappa shape index (κ2) is 8.44. The highest BCUT2D eigenvalue weighted by Crippen LogP contribution is 2.28. The Balaban J connectivity index is 2.13. The third-order valence-corrected chi connectivity index (χ3v) is 5.21. The molecule has 0 fully saturated rings. The molecule has 0 saturated heterocycles. The Hall–Kier alpha value is -2.53. The van der Waals surface area contributed by atoms with Crippen LogP contribution >= 0.6 is 11.6 Å². The van der Waals surface area contributed by atoms with E-state index < -0.39 is 18.5 Å². The van der Waals surface area contributed by atoms with Gasteiger partial charge in [-0.05, 0) is 80.6 Å². The molecule has 2 rings (SSSR count). The number of benzene rings is 2. The van der Waals surface area contributed by atoms with E-state index in [1.54, 1.807) is 18.2 Å². The summed E-state index contributed by atoms with van der Waals surface area (Å²) in [7, 11) is 1.49. The average Bonchev–Trinajstić information content (AvgIpc) is 2.63. The van der Waals surface area contributed by atoms with Crippen molar-refractivity contribution in [2.75, 3.05) is 19.0 Å². The molecule has 0 spiro atoms. The van der Waals surface area contributed by atoms with Crippen LogP contribution in [0.4, 0.5) is 5.69 Å². The van der Waals surface area contributed by atoms with Gasteiger partial charge in [0.2, 0.25) is 0 Å². The lowest BCUT2D eigenvalue weighted by molar-refractivity contribution is -0.119. The molecule has 1 amide bonds. The number of carbonyl (C=O) groups excluding carboxylic acids is 2. The molecule has 6 heteroatoms. The summed E-state index contributed by atoms with van der Waals surface area (Å²) in [6, 6.07) is 4.87. The van der Waals surface area contributed by atoms with Crippen molar-refractivity contribution < 1.29 is 19.1 Å². The molecule has 0 saturated carbocycles. The first kappa shape index (κ1) is 20.8. The van der Waals surface area contributed by atoms with Crippen molar-refractivity contribution in [2.24, 2.45) is 0 Å². The molecule has 0 aliphatic heterocycles. The summed E-state index contributed by atoms with van der Waals surface area (Å²) >= 11 is 5.95. The fourth-order valence-electron chi connectivity index (χ4n) is 2.97. The molecule has 5 nitrogen and oxygen atoms in total. The number of amides is 1. The third kappa shape index (κ3) is 4.42. The zero-order chi connectivity index (χ0) is 20.3. The summed E-state index contributed by atoms with van der Waals surface area (Å²) in [4.78, 5) is 24.8. The van der Waals surface area contributed by atoms with Crippen LogP contribution in [0.3, 0.4) is 0 Å². The fraction of sp³-hybridized carbons (Fsp3) is 0.333. The first-order chi connectivity index (χ1) is 12.7. The topological polar surface area (TPSA) is 64.6 Å². The highest BCUT2D eigenvalue weighted by atomic mass is 35.5. The van der Waals surface area contributed by atoms with Crippen LogP contribution in [0.15, 0.2) is 18.2 Å². The van der Waals surface area contributed by atoms with Crippen LogP contribution in [0, 0.1) is 34.6 Å². The predicted octanol–water partition coefficient (Wildman–Crippen LogP) is 4.69. The standard InChI is InChI=1S/C21H24ClNO4/c1-11-12(2)14(4)20(15(5)13(11)3)21(25)27-10-19(24)23-17-9-16(22)7-8-18(17)26-6/h7-9H,10H2,1-6H3,(H,23,24). The minimum absolute atomic E-state index is 0.403. The van der Waals surface area contributed by atoms with Gasteiger partial charge in [0.1, 0.15) is 5.75 Å². The number of ether oxygens (including phenoxy) is 2. The number of nitrogens with one attached hydrogen (secondary N) is 1. The summed E-state index contributed by atoms with van der Waals surface area (Å²) in [5.41, 5.74) is 5.95. The maximum atomic E-state index is 12.6. The molecule has 0 aromatic heterocycles. The quantitative estimate of drug-likeness (QED) is 0.753. The first-order valence-electron chi connectivity index (χ1n) is 8.54. The second-order valence-electron chi connectivity index (χ2n) is 6.47. The summed E-state index contributed by atoms with van der Waals surface area (Å²) < 4.78 is 10.4. The smallest absolute Gasteiger partial charge is 0.339 e. The van der Waals surface area contributed by atoms with Gasteiger partial charge in [-0.1, -0.05) is 11.6 Å². The van der Waals surface area contributed by atoms with Gasteiger partial charge in [-0.3, -0.25) is 4.79 Å². The summed E-state index contributed by atoms with van der Waals surface area (Å²) in [6.07, 6.45) is 0. The zero-order valence-corrected chi connectivity index (χ0v) is 17.2. The SMILES string of the molecule is COc1ccc(Cl)cc1NC(=O)COC(=O)c1c(C)c(C)c(C)c(C)c1C. The van der Waals surface area contributed by atoms with E-state index in [0.29, 0.717) is 22.0 Å². The predicted molar refractivity (Wildman–Crippen MR) is 107 cm³/mol. The Kier molecular flexibility index (Phi) is 6.50. The number of carbonyl (C=O) groups is 2. The van der Waals surface area contributed by atoms with Gasteiger partial charge < -0.3 is 14.8 Å². The molecular weight excluding hydrogens is 366 g/mol. The average molecular weight is 390 g/mol. The monoisotopic (exact) mass is 389 g/mol. The molecule has 144 valence electrons. The van der Waals surface area contributed by atoms with E-state index in [-0.39, 0.29) is 0 Å². The van der Waals surface area contributed by atoms with Gasteiger partial charge in [0.15, 0.2) is 6.61 Å². The van der Waals surface area contributed by atoms with Gasteiger partial charge in [0, 0.05) is 5.02 Å². The first-order valence-corrected chi connectivity index (χ1v) is 8.92. The summed E-state index contributed by atoms with van der Waals surface area (Å²) in [6.45, 7) is 9.37. The number of halogens is 1. The molecule has 2 aromatic carbocycles. The van der Waals surface area contributed by atoms with Gasteiger partial charge >= 0.3 is 5.97 Å². The Morgan fingerprint density at radius 3 is 2.07 bits per heavy atom. The van der Waals surface area contributed by atoms with E-state index in [0.717, 1.165) is 27.8 Å². The van der Waals surface area contributed by atoms with E-state index in [4.69, 9.17) is 21.1 Å².